The number of hydrogen-bond donors (Lipinski definition) is 1. The van der Waals surface area contributed by atoms with Gasteiger partial charge in [-0.15, -0.1) is 0 Å². The molecular weight excluding hydrogens is 665 g/mol. The Morgan fingerprint density at radius 3 is 2.04 bits per heavy atom. The third-order valence-corrected chi connectivity index (χ3v) is 8.96. The smallest absolute Gasteiger partial charge is 0.350 e. The summed E-state index contributed by atoms with van der Waals surface area (Å²) in [6.45, 7) is 7.81. The van der Waals surface area contributed by atoms with Crippen LogP contribution in [0, 0.1) is 18.8 Å². The molecule has 0 bridgehead atoms. The second kappa shape index (κ2) is 15.1. The fourth-order valence-corrected chi connectivity index (χ4v) is 6.10. The van der Waals surface area contributed by atoms with Crippen LogP contribution in [-0.4, -0.2) is 52.5 Å². The highest BCUT2D eigenvalue weighted by molar-refractivity contribution is 6.23. The summed E-state index contributed by atoms with van der Waals surface area (Å²) in [5.74, 6) is -1.43. The highest BCUT2D eigenvalue weighted by Crippen LogP contribution is 2.48. The predicted octanol–water partition coefficient (Wildman–Crippen LogP) is 6.53. The van der Waals surface area contributed by atoms with E-state index < -0.39 is 46.7 Å². The standard InChI is InChI=1S/C38H41ClFN3O7/c1-23(2)33(44)42-30-21-43(36(46)41-25(30)5)35-38(39,40)32(50-34(45)24(3)4)31(49-35)22-48-37(26-13-9-7-10-14-26,27-15-11-8-12-16-27)28-17-19-29(47-6)20-18-28/h7-21,23-24,31-32,35H,22H2,1-6H3,(H,42,44)/t31-,32-,35-,38-/m1/s1. The first kappa shape index (κ1) is 36.7. The number of amides is 1. The van der Waals surface area contributed by atoms with Crippen molar-refractivity contribution in [3.05, 3.63) is 124 Å². The lowest BCUT2D eigenvalue weighted by Crippen LogP contribution is -2.45. The van der Waals surface area contributed by atoms with Crippen LogP contribution in [0.15, 0.2) is 95.9 Å². The molecule has 0 spiro atoms. The molecule has 1 aliphatic rings. The maximum Gasteiger partial charge on any atom is 0.350 e. The van der Waals surface area contributed by atoms with Crippen molar-refractivity contribution in [3.63, 3.8) is 0 Å². The Morgan fingerprint density at radius 2 is 1.52 bits per heavy atom. The van der Waals surface area contributed by atoms with Gasteiger partial charge >= 0.3 is 11.7 Å². The fourth-order valence-electron chi connectivity index (χ4n) is 5.75. The lowest BCUT2D eigenvalue weighted by atomic mass is 9.80. The number of halogens is 2. The van der Waals surface area contributed by atoms with Gasteiger partial charge in [-0.05, 0) is 35.7 Å². The van der Waals surface area contributed by atoms with Gasteiger partial charge in [-0.25, -0.2) is 9.18 Å². The summed E-state index contributed by atoms with van der Waals surface area (Å²) < 4.78 is 42.1. The Labute approximate surface area is 295 Å². The summed E-state index contributed by atoms with van der Waals surface area (Å²) in [5, 5.41) is -0.253. The van der Waals surface area contributed by atoms with Crippen molar-refractivity contribution in [1.29, 1.82) is 0 Å². The summed E-state index contributed by atoms with van der Waals surface area (Å²) in [5.41, 5.74) is 0.464. The van der Waals surface area contributed by atoms with Crippen LogP contribution >= 0.6 is 11.6 Å². The van der Waals surface area contributed by atoms with Gasteiger partial charge < -0.3 is 24.3 Å². The van der Waals surface area contributed by atoms with Crippen molar-refractivity contribution < 1.29 is 32.9 Å². The summed E-state index contributed by atoms with van der Waals surface area (Å²) in [6, 6.07) is 26.3. The molecule has 0 saturated carbocycles. The SMILES string of the molecule is COc1ccc(C(OC[C@H]2O[C@@H](n3cc(NC(=O)C(C)C)c(C)nc3=O)[C@@](F)(Cl)[C@@H]2OC(=O)C(C)C)(c2ccccc2)c2ccccc2)cc1. The Morgan fingerprint density at radius 1 is 0.960 bits per heavy atom. The second-order valence-corrected chi connectivity index (χ2v) is 13.3. The molecule has 12 heteroatoms. The molecule has 1 aliphatic heterocycles. The quantitative estimate of drug-likeness (QED) is 0.100. The number of methoxy groups -OCH3 is 1. The molecular formula is C38H41ClFN3O7. The number of aromatic nitrogens is 2. The van der Waals surface area contributed by atoms with E-state index in [9.17, 15) is 14.4 Å². The number of ether oxygens (including phenoxy) is 4. The Hall–Kier alpha value is -4.58. The molecule has 4 aromatic rings. The maximum atomic E-state index is 17.0. The topological polar surface area (TPSA) is 118 Å². The van der Waals surface area contributed by atoms with Crippen molar-refractivity contribution >= 4 is 29.2 Å². The number of carbonyl (C=O) groups excluding carboxylic acids is 2. The van der Waals surface area contributed by atoms with Crippen LogP contribution in [0.2, 0.25) is 0 Å². The highest BCUT2D eigenvalue weighted by Gasteiger charge is 2.61. The third-order valence-electron chi connectivity index (χ3n) is 8.56. The van der Waals surface area contributed by atoms with Gasteiger partial charge in [0.2, 0.25) is 5.91 Å². The number of benzene rings is 3. The van der Waals surface area contributed by atoms with Gasteiger partial charge in [0.1, 0.15) is 17.5 Å². The number of aryl methyl sites for hydroxylation is 1. The van der Waals surface area contributed by atoms with Gasteiger partial charge in [0.25, 0.3) is 5.13 Å². The van der Waals surface area contributed by atoms with E-state index in [1.54, 1.807) is 34.8 Å². The van der Waals surface area contributed by atoms with Crippen molar-refractivity contribution in [1.82, 2.24) is 9.55 Å². The molecule has 1 saturated heterocycles. The fraction of sp³-hybridized carbons (Fsp3) is 0.368. The number of esters is 1. The minimum absolute atomic E-state index is 0.168. The lowest BCUT2D eigenvalue weighted by Gasteiger charge is -2.37. The van der Waals surface area contributed by atoms with Gasteiger partial charge in [0.05, 0.1) is 31.0 Å². The van der Waals surface area contributed by atoms with Crippen LogP contribution in [-0.2, 0) is 29.4 Å². The van der Waals surface area contributed by atoms with E-state index in [-0.39, 0.29) is 29.8 Å². The van der Waals surface area contributed by atoms with Crippen LogP contribution in [0.3, 0.4) is 0 Å². The van der Waals surface area contributed by atoms with Gasteiger partial charge in [-0.3, -0.25) is 14.2 Å². The van der Waals surface area contributed by atoms with Gasteiger partial charge in [0, 0.05) is 12.1 Å². The van der Waals surface area contributed by atoms with Crippen LogP contribution in [0.25, 0.3) is 0 Å². The summed E-state index contributed by atoms with van der Waals surface area (Å²) in [4.78, 5) is 42.7. The largest absolute Gasteiger partial charge is 0.497 e. The molecule has 2 heterocycles. The second-order valence-electron chi connectivity index (χ2n) is 12.7. The van der Waals surface area contributed by atoms with Crippen molar-refractivity contribution in [3.8, 4) is 5.75 Å². The van der Waals surface area contributed by atoms with Crippen molar-refractivity contribution in [2.24, 2.45) is 11.8 Å². The average Bonchev–Trinajstić information content (AvgIpc) is 3.35. The average molecular weight is 706 g/mol. The molecule has 3 aromatic carbocycles. The van der Waals surface area contributed by atoms with Gasteiger partial charge in [0.15, 0.2) is 12.3 Å². The first-order valence-electron chi connectivity index (χ1n) is 16.3. The zero-order valence-corrected chi connectivity index (χ0v) is 29.5. The summed E-state index contributed by atoms with van der Waals surface area (Å²) in [6.07, 6.45) is -3.61. The lowest BCUT2D eigenvalue weighted by molar-refractivity contribution is -0.162. The molecule has 4 atom stereocenters. The molecule has 0 aliphatic carbocycles. The number of hydrogen-bond acceptors (Lipinski definition) is 8. The van der Waals surface area contributed by atoms with Gasteiger partial charge in [-0.2, -0.15) is 4.98 Å². The van der Waals surface area contributed by atoms with Crippen LogP contribution in [0.1, 0.15) is 56.3 Å². The molecule has 1 amide bonds. The number of nitrogens with one attached hydrogen (secondary N) is 1. The maximum absolute atomic E-state index is 17.0. The normalized spacial score (nSPS) is 20.6. The molecule has 0 unspecified atom stereocenters. The highest BCUT2D eigenvalue weighted by atomic mass is 35.5. The minimum atomic E-state index is -2.96. The van der Waals surface area contributed by atoms with Crippen LogP contribution in [0.5, 0.6) is 5.75 Å². The Kier molecular flexibility index (Phi) is 11.1. The zero-order valence-electron chi connectivity index (χ0n) is 28.8. The number of alkyl halides is 2. The van der Waals surface area contributed by atoms with Crippen molar-refractivity contribution in [2.75, 3.05) is 19.0 Å². The van der Waals surface area contributed by atoms with E-state index >= 15 is 4.39 Å². The van der Waals surface area contributed by atoms with E-state index in [0.717, 1.165) is 21.3 Å². The van der Waals surface area contributed by atoms with E-state index in [0.29, 0.717) is 5.75 Å². The zero-order chi connectivity index (χ0) is 36.2. The van der Waals surface area contributed by atoms with Crippen LogP contribution < -0.4 is 15.7 Å². The number of nitrogens with zero attached hydrogens (tertiary/aromatic N) is 2. The van der Waals surface area contributed by atoms with Gasteiger partial charge in [-0.1, -0.05) is 112 Å². The summed E-state index contributed by atoms with van der Waals surface area (Å²) >= 11 is 6.62. The summed E-state index contributed by atoms with van der Waals surface area (Å²) in [7, 11) is 1.57. The van der Waals surface area contributed by atoms with E-state index in [1.807, 2.05) is 84.9 Å². The van der Waals surface area contributed by atoms with E-state index in [2.05, 4.69) is 10.3 Å². The molecule has 5 rings (SSSR count). The monoisotopic (exact) mass is 705 g/mol. The molecule has 1 N–H and O–H groups in total. The van der Waals surface area contributed by atoms with E-state index in [4.69, 9.17) is 30.5 Å². The van der Waals surface area contributed by atoms with Crippen molar-refractivity contribution in [2.45, 2.75) is 63.8 Å². The molecule has 10 nitrogen and oxygen atoms in total. The number of rotatable bonds is 12. The molecule has 1 fully saturated rings. The first-order chi connectivity index (χ1) is 23.8. The molecule has 50 heavy (non-hydrogen) atoms. The predicted molar refractivity (Wildman–Crippen MR) is 187 cm³/mol. The molecule has 0 radical (unpaired) electrons. The number of carbonyl (C=O) groups is 2. The van der Waals surface area contributed by atoms with E-state index in [1.165, 1.54) is 13.1 Å². The molecule has 264 valence electrons. The molecule has 1 aromatic heterocycles. The number of anilines is 1. The van der Waals surface area contributed by atoms with Crippen LogP contribution in [0.4, 0.5) is 10.1 Å². The third kappa shape index (κ3) is 7.31. The Bertz CT molecular complexity index is 1810. The Balaban J connectivity index is 1.61. The first-order valence-corrected chi connectivity index (χ1v) is 16.7. The minimum Gasteiger partial charge on any atom is -0.497 e.